The van der Waals surface area contributed by atoms with E-state index < -0.39 is 5.92 Å². The summed E-state index contributed by atoms with van der Waals surface area (Å²) >= 11 is 3.35. The van der Waals surface area contributed by atoms with Crippen LogP contribution in [0.5, 0.6) is 5.75 Å². The molecular weight excluding hydrogens is 330 g/mol. The molecule has 2 aromatic carbocycles. The van der Waals surface area contributed by atoms with Crippen LogP contribution in [0.4, 0.5) is 0 Å². The third-order valence-electron chi connectivity index (χ3n) is 3.20. The Morgan fingerprint density at radius 3 is 2.62 bits per heavy atom. The highest BCUT2D eigenvalue weighted by atomic mass is 79.9. The van der Waals surface area contributed by atoms with Gasteiger partial charge in [-0.2, -0.15) is 5.26 Å². The second kappa shape index (κ2) is 6.55. The number of carbonyl (C=O) groups excluding carboxylic acids is 1. The third kappa shape index (κ3) is 3.32. The number of nitriles is 1. The molecule has 0 aliphatic heterocycles. The number of rotatable bonds is 4. The zero-order valence-corrected chi connectivity index (χ0v) is 13.3. The fraction of sp³-hybridized carbons (Fsp3) is 0.176. The lowest BCUT2D eigenvalue weighted by atomic mass is 9.91. The van der Waals surface area contributed by atoms with Crippen LogP contribution in [-0.2, 0) is 0 Å². The lowest BCUT2D eigenvalue weighted by molar-refractivity contribution is 0.0979. The van der Waals surface area contributed by atoms with Gasteiger partial charge in [-0.05, 0) is 46.6 Å². The maximum atomic E-state index is 12.6. The van der Waals surface area contributed by atoms with Crippen molar-refractivity contribution < 1.29 is 9.53 Å². The molecule has 0 bridgehead atoms. The van der Waals surface area contributed by atoms with Crippen molar-refractivity contribution in [3.63, 3.8) is 0 Å². The van der Waals surface area contributed by atoms with Gasteiger partial charge in [0.05, 0.1) is 17.7 Å². The molecule has 0 radical (unpaired) electrons. The van der Waals surface area contributed by atoms with Crippen LogP contribution in [0.1, 0.15) is 27.4 Å². The fourth-order valence-corrected chi connectivity index (χ4v) is 2.66. The number of nitrogens with zero attached hydrogens (tertiary/aromatic N) is 1. The topological polar surface area (TPSA) is 50.1 Å². The second-order valence-corrected chi connectivity index (χ2v) is 5.54. The first kappa shape index (κ1) is 15.3. The van der Waals surface area contributed by atoms with E-state index in [1.54, 1.807) is 31.4 Å². The van der Waals surface area contributed by atoms with Crippen LogP contribution in [0.15, 0.2) is 46.9 Å². The van der Waals surface area contributed by atoms with E-state index in [9.17, 15) is 10.1 Å². The van der Waals surface area contributed by atoms with Gasteiger partial charge in [-0.25, -0.2) is 0 Å². The number of halogens is 1. The van der Waals surface area contributed by atoms with Gasteiger partial charge in [0.15, 0.2) is 5.78 Å². The minimum atomic E-state index is -0.801. The molecule has 0 saturated carbocycles. The lowest BCUT2D eigenvalue weighted by Gasteiger charge is -2.11. The Hall–Kier alpha value is -2.12. The van der Waals surface area contributed by atoms with Gasteiger partial charge in [0.1, 0.15) is 11.7 Å². The van der Waals surface area contributed by atoms with E-state index in [0.717, 1.165) is 11.1 Å². The van der Waals surface area contributed by atoms with Crippen LogP contribution in [0, 0.1) is 18.3 Å². The quantitative estimate of drug-likeness (QED) is 0.779. The molecule has 0 spiro atoms. The summed E-state index contributed by atoms with van der Waals surface area (Å²) in [6.45, 7) is 1.94. The Kier molecular flexibility index (Phi) is 4.77. The minimum Gasteiger partial charge on any atom is -0.496 e. The number of methoxy groups -OCH3 is 1. The van der Waals surface area contributed by atoms with E-state index in [4.69, 9.17) is 4.74 Å². The summed E-state index contributed by atoms with van der Waals surface area (Å²) in [5.41, 5.74) is 2.22. The van der Waals surface area contributed by atoms with Crippen LogP contribution in [0.3, 0.4) is 0 Å². The van der Waals surface area contributed by atoms with Gasteiger partial charge in [0.25, 0.3) is 0 Å². The minimum absolute atomic E-state index is 0.216. The number of ketones is 1. The predicted octanol–water partition coefficient (Wildman–Crippen LogP) is 4.26. The molecule has 0 aliphatic rings. The highest BCUT2D eigenvalue weighted by Gasteiger charge is 2.22. The van der Waals surface area contributed by atoms with Gasteiger partial charge >= 0.3 is 0 Å². The molecule has 4 heteroatoms. The smallest absolute Gasteiger partial charge is 0.184 e. The number of hydrogen-bond donors (Lipinski definition) is 0. The first-order chi connectivity index (χ1) is 10.1. The summed E-state index contributed by atoms with van der Waals surface area (Å²) in [6.07, 6.45) is 0. The molecule has 1 atom stereocenters. The number of ether oxygens (including phenoxy) is 1. The summed E-state index contributed by atoms with van der Waals surface area (Å²) in [5, 5.41) is 9.36. The van der Waals surface area contributed by atoms with Crippen molar-refractivity contribution in [3.8, 4) is 11.8 Å². The Balaban J connectivity index is 2.37. The molecule has 0 fully saturated rings. The van der Waals surface area contributed by atoms with Gasteiger partial charge < -0.3 is 4.74 Å². The van der Waals surface area contributed by atoms with Crippen molar-refractivity contribution in [2.45, 2.75) is 12.8 Å². The average Bonchev–Trinajstić information content (AvgIpc) is 2.48. The Labute approximate surface area is 132 Å². The number of Topliss-reactive ketones (excluding diaryl/α,β-unsaturated/α-hetero) is 1. The molecule has 3 nitrogen and oxygen atoms in total. The van der Waals surface area contributed by atoms with E-state index in [1.807, 2.05) is 25.1 Å². The maximum Gasteiger partial charge on any atom is 0.184 e. The monoisotopic (exact) mass is 343 g/mol. The van der Waals surface area contributed by atoms with Gasteiger partial charge in [0, 0.05) is 5.56 Å². The van der Waals surface area contributed by atoms with Crippen molar-refractivity contribution >= 4 is 21.7 Å². The van der Waals surface area contributed by atoms with Crippen LogP contribution in [-0.4, -0.2) is 12.9 Å². The summed E-state index contributed by atoms with van der Waals surface area (Å²) in [7, 11) is 1.56. The van der Waals surface area contributed by atoms with E-state index in [2.05, 4.69) is 22.0 Å². The van der Waals surface area contributed by atoms with Crippen molar-refractivity contribution in [1.29, 1.82) is 5.26 Å². The van der Waals surface area contributed by atoms with Crippen molar-refractivity contribution in [1.82, 2.24) is 0 Å². The van der Waals surface area contributed by atoms with Gasteiger partial charge in [0.2, 0.25) is 0 Å². The Bertz CT molecular complexity index is 719. The normalized spacial score (nSPS) is 11.5. The number of benzene rings is 2. The molecule has 0 amide bonds. The van der Waals surface area contributed by atoms with E-state index in [0.29, 0.717) is 15.8 Å². The Morgan fingerprint density at radius 1 is 1.29 bits per heavy atom. The number of carbonyl (C=O) groups is 1. The molecule has 0 N–H and O–H groups in total. The molecule has 0 heterocycles. The largest absolute Gasteiger partial charge is 0.496 e. The summed E-state index contributed by atoms with van der Waals surface area (Å²) in [4.78, 5) is 12.6. The molecule has 21 heavy (non-hydrogen) atoms. The van der Waals surface area contributed by atoms with Crippen LogP contribution < -0.4 is 4.74 Å². The van der Waals surface area contributed by atoms with E-state index >= 15 is 0 Å². The van der Waals surface area contributed by atoms with Gasteiger partial charge in [-0.15, -0.1) is 0 Å². The summed E-state index contributed by atoms with van der Waals surface area (Å²) in [6, 6.07) is 14.6. The third-order valence-corrected chi connectivity index (χ3v) is 3.82. The second-order valence-electron chi connectivity index (χ2n) is 4.69. The predicted molar refractivity (Wildman–Crippen MR) is 84.6 cm³/mol. The van der Waals surface area contributed by atoms with Crippen molar-refractivity contribution in [2.75, 3.05) is 7.11 Å². The van der Waals surface area contributed by atoms with Crippen LogP contribution >= 0.6 is 15.9 Å². The molecule has 0 saturated heterocycles. The zero-order chi connectivity index (χ0) is 15.4. The molecule has 1 unspecified atom stereocenters. The molecule has 2 rings (SSSR count). The summed E-state index contributed by atoms with van der Waals surface area (Å²) < 4.78 is 5.84. The number of hydrogen-bond acceptors (Lipinski definition) is 3. The average molecular weight is 344 g/mol. The fourth-order valence-electron chi connectivity index (χ4n) is 2.12. The maximum absolute atomic E-state index is 12.6. The molecule has 0 aromatic heterocycles. The highest BCUT2D eigenvalue weighted by Crippen LogP contribution is 2.28. The summed E-state index contributed by atoms with van der Waals surface area (Å²) in [5.74, 6) is -0.368. The highest BCUT2D eigenvalue weighted by molar-refractivity contribution is 9.10. The Morgan fingerprint density at radius 2 is 2.05 bits per heavy atom. The van der Waals surface area contributed by atoms with Gasteiger partial charge in [-0.3, -0.25) is 4.79 Å². The first-order valence-corrected chi connectivity index (χ1v) is 7.20. The molecule has 0 aliphatic carbocycles. The van der Waals surface area contributed by atoms with E-state index in [1.165, 1.54) is 0 Å². The molecular formula is C17H14BrNO2. The van der Waals surface area contributed by atoms with E-state index in [-0.39, 0.29) is 5.78 Å². The lowest BCUT2D eigenvalue weighted by Crippen LogP contribution is -2.11. The number of aryl methyl sites for hydroxylation is 1. The standard InChI is InChI=1S/C17H14BrNO2/c1-11-4-3-5-12(8-11)14(10-19)17(20)13-6-7-16(21-2)15(18)9-13/h3-9,14H,1-2H3. The molecule has 106 valence electrons. The SMILES string of the molecule is COc1ccc(C(=O)C(C#N)c2cccc(C)c2)cc1Br. The van der Waals surface area contributed by atoms with Crippen LogP contribution in [0.25, 0.3) is 0 Å². The zero-order valence-electron chi connectivity index (χ0n) is 11.8. The van der Waals surface area contributed by atoms with Crippen LogP contribution in [0.2, 0.25) is 0 Å². The van der Waals surface area contributed by atoms with Gasteiger partial charge in [-0.1, -0.05) is 29.8 Å². The van der Waals surface area contributed by atoms with Crippen molar-refractivity contribution in [3.05, 3.63) is 63.6 Å². The first-order valence-electron chi connectivity index (χ1n) is 6.40. The molecule has 2 aromatic rings. The van der Waals surface area contributed by atoms with Crippen molar-refractivity contribution in [2.24, 2.45) is 0 Å².